The van der Waals surface area contributed by atoms with Gasteiger partial charge in [0, 0.05) is 19.4 Å². The first-order chi connectivity index (χ1) is 16.0. The van der Waals surface area contributed by atoms with E-state index in [1.807, 2.05) is 0 Å². The van der Waals surface area contributed by atoms with Crippen molar-refractivity contribution < 1.29 is 32.3 Å². The molecule has 0 spiro atoms. The summed E-state index contributed by atoms with van der Waals surface area (Å²) in [5.41, 5.74) is -2.16. The van der Waals surface area contributed by atoms with Gasteiger partial charge in [0.05, 0.1) is 17.7 Å². The van der Waals surface area contributed by atoms with Gasteiger partial charge in [0.15, 0.2) is 11.9 Å². The molecular formula is C22H19F4N5O3. The molecule has 1 aromatic heterocycles. The highest BCUT2D eigenvalue weighted by atomic mass is 19.4. The van der Waals surface area contributed by atoms with Crippen molar-refractivity contribution in [2.45, 2.75) is 18.1 Å². The number of rotatable bonds is 5. The molecule has 4 rings (SSSR count). The summed E-state index contributed by atoms with van der Waals surface area (Å²) < 4.78 is 54.2. The maximum Gasteiger partial charge on any atom is 0.416 e. The number of imidazole rings is 1. The molecule has 2 aromatic carbocycles. The smallest absolute Gasteiger partial charge is 0.361 e. The Morgan fingerprint density at radius 1 is 1.24 bits per heavy atom. The first-order valence-corrected chi connectivity index (χ1v) is 10.0. The summed E-state index contributed by atoms with van der Waals surface area (Å²) in [6.07, 6.45) is -2.90. The maximum absolute atomic E-state index is 14.0. The molecule has 0 radical (unpaired) electrons. The molecule has 1 saturated heterocycles. The predicted octanol–water partition coefficient (Wildman–Crippen LogP) is 1.87. The molecule has 8 nitrogen and oxygen atoms in total. The number of nitrogens with zero attached hydrogens (tertiary/aromatic N) is 2. The minimum Gasteiger partial charge on any atom is -0.361 e. The van der Waals surface area contributed by atoms with Gasteiger partial charge in [0.2, 0.25) is 0 Å². The average molecular weight is 477 g/mol. The van der Waals surface area contributed by atoms with Crippen molar-refractivity contribution in [2.24, 2.45) is 7.05 Å². The van der Waals surface area contributed by atoms with Crippen LogP contribution < -0.4 is 16.0 Å². The van der Waals surface area contributed by atoms with E-state index < -0.39 is 41.3 Å². The van der Waals surface area contributed by atoms with Gasteiger partial charge in [-0.3, -0.25) is 14.9 Å². The Hall–Kier alpha value is -3.77. The van der Waals surface area contributed by atoms with Gasteiger partial charge in [-0.2, -0.15) is 13.2 Å². The number of aliphatic hydroxyl groups is 1. The number of benzene rings is 2. The van der Waals surface area contributed by atoms with E-state index in [9.17, 15) is 32.3 Å². The van der Waals surface area contributed by atoms with Crippen LogP contribution in [-0.2, 0) is 23.6 Å². The summed E-state index contributed by atoms with van der Waals surface area (Å²) in [5, 5.41) is 17.4. The summed E-state index contributed by atoms with van der Waals surface area (Å²) in [6, 6.07) is 7.42. The molecule has 2 unspecified atom stereocenters. The molecule has 178 valence electrons. The normalized spacial score (nSPS) is 20.3. The number of hydrogen-bond donors (Lipinski definition) is 4. The standard InChI is InChI=1S/C22H19F4N5O3/c1-31-9-8-27-18(31)21(19(33)29-20(34)30-21)11-28-17(32)16-10-14(23)6-7-15(16)12-2-4-13(5-3-12)22(24,25)26/h2-10,20,30,34H,11H2,1H3,(H,28,32)(H,29,33). The molecule has 3 aromatic rings. The molecule has 0 saturated carbocycles. The number of aromatic nitrogens is 2. The molecule has 2 heterocycles. The zero-order chi connectivity index (χ0) is 24.7. The van der Waals surface area contributed by atoms with Crippen molar-refractivity contribution in [3.8, 4) is 11.1 Å². The van der Waals surface area contributed by atoms with Crippen molar-refractivity contribution in [2.75, 3.05) is 6.54 Å². The lowest BCUT2D eigenvalue weighted by Gasteiger charge is -2.26. The minimum atomic E-state index is -4.53. The first-order valence-electron chi connectivity index (χ1n) is 10.0. The first kappa shape index (κ1) is 23.4. The molecule has 0 bridgehead atoms. The number of carbonyl (C=O) groups excluding carboxylic acids is 2. The van der Waals surface area contributed by atoms with Crippen LogP contribution in [-0.4, -0.2) is 39.4 Å². The fourth-order valence-electron chi connectivity index (χ4n) is 3.84. The second kappa shape index (κ2) is 8.54. The second-order valence-corrected chi connectivity index (χ2v) is 7.74. The zero-order valence-corrected chi connectivity index (χ0v) is 17.7. The monoisotopic (exact) mass is 477 g/mol. The van der Waals surface area contributed by atoms with Crippen LogP contribution in [0.4, 0.5) is 17.6 Å². The van der Waals surface area contributed by atoms with Gasteiger partial charge in [-0.05, 0) is 35.4 Å². The molecule has 2 atom stereocenters. The highest BCUT2D eigenvalue weighted by Crippen LogP contribution is 2.32. The Labute approximate surface area is 190 Å². The van der Waals surface area contributed by atoms with Crippen LogP contribution in [0, 0.1) is 5.82 Å². The average Bonchev–Trinajstić information content (AvgIpc) is 3.34. The largest absolute Gasteiger partial charge is 0.416 e. The van der Waals surface area contributed by atoms with E-state index in [2.05, 4.69) is 20.9 Å². The van der Waals surface area contributed by atoms with Crippen molar-refractivity contribution in [1.29, 1.82) is 0 Å². The molecule has 1 aliphatic heterocycles. The number of halogens is 4. The third-order valence-electron chi connectivity index (χ3n) is 5.51. The lowest BCUT2D eigenvalue weighted by molar-refractivity contribution is -0.137. The second-order valence-electron chi connectivity index (χ2n) is 7.74. The molecule has 34 heavy (non-hydrogen) atoms. The SMILES string of the molecule is Cn1ccnc1C1(CNC(=O)c2cc(F)ccc2-c2ccc(C(F)(F)F)cc2)NC(O)NC1=O. The van der Waals surface area contributed by atoms with E-state index in [1.54, 1.807) is 13.2 Å². The van der Waals surface area contributed by atoms with Crippen LogP contribution >= 0.6 is 0 Å². The Morgan fingerprint density at radius 3 is 2.50 bits per heavy atom. The van der Waals surface area contributed by atoms with Crippen molar-refractivity contribution >= 4 is 11.8 Å². The van der Waals surface area contributed by atoms with E-state index in [0.717, 1.165) is 24.3 Å². The highest BCUT2D eigenvalue weighted by Gasteiger charge is 2.50. The van der Waals surface area contributed by atoms with Crippen LogP contribution in [0.3, 0.4) is 0 Å². The van der Waals surface area contributed by atoms with Gasteiger partial charge in [0.1, 0.15) is 11.6 Å². The van der Waals surface area contributed by atoms with Gasteiger partial charge in [-0.15, -0.1) is 0 Å². The van der Waals surface area contributed by atoms with Crippen molar-refractivity contribution in [3.63, 3.8) is 0 Å². The van der Waals surface area contributed by atoms with Gasteiger partial charge in [0.25, 0.3) is 11.8 Å². The lowest BCUT2D eigenvalue weighted by atomic mass is 9.96. The van der Waals surface area contributed by atoms with E-state index in [4.69, 9.17) is 0 Å². The van der Waals surface area contributed by atoms with Gasteiger partial charge in [-0.1, -0.05) is 18.2 Å². The Bertz CT molecular complexity index is 1240. The summed E-state index contributed by atoms with van der Waals surface area (Å²) in [7, 11) is 1.63. The van der Waals surface area contributed by atoms with Crippen molar-refractivity contribution in [3.05, 3.63) is 77.6 Å². The van der Waals surface area contributed by atoms with Crippen LogP contribution in [0.1, 0.15) is 21.7 Å². The van der Waals surface area contributed by atoms with E-state index in [0.29, 0.717) is 0 Å². The van der Waals surface area contributed by atoms with Crippen LogP contribution in [0.5, 0.6) is 0 Å². The molecule has 12 heteroatoms. The minimum absolute atomic E-state index is 0.145. The topological polar surface area (TPSA) is 108 Å². The maximum atomic E-state index is 14.0. The molecule has 1 aliphatic rings. The molecule has 2 amide bonds. The summed E-state index contributed by atoms with van der Waals surface area (Å²) >= 11 is 0. The molecule has 4 N–H and O–H groups in total. The number of carbonyl (C=O) groups is 2. The predicted molar refractivity (Wildman–Crippen MR) is 111 cm³/mol. The summed E-state index contributed by atoms with van der Waals surface area (Å²) in [5.74, 6) is -1.94. The highest BCUT2D eigenvalue weighted by molar-refractivity contribution is 6.01. The lowest BCUT2D eigenvalue weighted by Crippen LogP contribution is -2.54. The Balaban J connectivity index is 1.64. The third kappa shape index (κ3) is 4.24. The van der Waals surface area contributed by atoms with Gasteiger partial charge >= 0.3 is 6.18 Å². The number of hydrogen-bond acceptors (Lipinski definition) is 5. The van der Waals surface area contributed by atoms with Crippen LogP contribution in [0.15, 0.2) is 54.9 Å². The molecule has 0 aliphatic carbocycles. The summed E-state index contributed by atoms with van der Waals surface area (Å²) in [6.45, 7) is -0.359. The number of aryl methyl sites for hydroxylation is 1. The zero-order valence-electron chi connectivity index (χ0n) is 17.7. The van der Waals surface area contributed by atoms with E-state index in [-0.39, 0.29) is 29.1 Å². The fourth-order valence-corrected chi connectivity index (χ4v) is 3.84. The number of aliphatic hydroxyl groups excluding tert-OH is 1. The van der Waals surface area contributed by atoms with Crippen LogP contribution in [0.2, 0.25) is 0 Å². The number of amides is 2. The van der Waals surface area contributed by atoms with Gasteiger partial charge in [-0.25, -0.2) is 9.37 Å². The van der Waals surface area contributed by atoms with Gasteiger partial charge < -0.3 is 20.3 Å². The number of alkyl halides is 3. The fraction of sp³-hybridized carbons (Fsp3) is 0.227. The van der Waals surface area contributed by atoms with Crippen molar-refractivity contribution in [1.82, 2.24) is 25.5 Å². The quantitative estimate of drug-likeness (QED) is 0.420. The Kier molecular flexibility index (Phi) is 5.87. The summed E-state index contributed by atoms with van der Waals surface area (Å²) in [4.78, 5) is 29.9. The van der Waals surface area contributed by atoms with E-state index >= 15 is 0 Å². The molecule has 1 fully saturated rings. The third-order valence-corrected chi connectivity index (χ3v) is 5.51. The molecular weight excluding hydrogens is 458 g/mol. The van der Waals surface area contributed by atoms with Crippen LogP contribution in [0.25, 0.3) is 11.1 Å². The number of nitrogens with one attached hydrogen (secondary N) is 3. The Morgan fingerprint density at radius 2 is 1.94 bits per heavy atom. The van der Waals surface area contributed by atoms with E-state index in [1.165, 1.54) is 29.0 Å².